The van der Waals surface area contributed by atoms with Crippen molar-refractivity contribution in [2.24, 2.45) is 0 Å². The average Bonchev–Trinajstić information content (AvgIpc) is 2.94. The second-order valence-corrected chi connectivity index (χ2v) is 5.55. The normalized spacial score (nSPS) is 10.4. The summed E-state index contributed by atoms with van der Waals surface area (Å²) in [5, 5.41) is 18.5. The highest BCUT2D eigenvalue weighted by atomic mass is 35.5. The van der Waals surface area contributed by atoms with Gasteiger partial charge in [0.25, 0.3) is 5.69 Å². The van der Waals surface area contributed by atoms with Crippen LogP contribution in [-0.2, 0) is 9.53 Å². The summed E-state index contributed by atoms with van der Waals surface area (Å²) in [6, 6.07) is 5.45. The molecule has 0 saturated heterocycles. The summed E-state index contributed by atoms with van der Waals surface area (Å²) in [4.78, 5) is 21.6. The molecule has 0 aliphatic rings. The molecule has 1 aromatic carbocycles. The van der Waals surface area contributed by atoms with Crippen LogP contribution in [0.1, 0.15) is 5.76 Å². The Hall–Kier alpha value is -2.09. The van der Waals surface area contributed by atoms with Crippen molar-refractivity contribution in [3.63, 3.8) is 0 Å². The minimum atomic E-state index is -0.983. The number of furan rings is 1. The monoisotopic (exact) mass is 376 g/mol. The van der Waals surface area contributed by atoms with Crippen LogP contribution in [0.4, 0.5) is 5.69 Å². The molecule has 23 heavy (non-hydrogen) atoms. The number of fused-ring (bicyclic) bond motifs is 1. The fourth-order valence-corrected chi connectivity index (χ4v) is 1.85. The second-order valence-electron chi connectivity index (χ2n) is 4.22. The second kappa shape index (κ2) is 6.99. The SMILES string of the molecule is N=C(COC(=O)C(Cl)=C(Cl)Cl)c1cc2cc([N+](=O)[O-])ccc2o1. The molecular formula is C13H7Cl3N2O5. The molecule has 120 valence electrons. The minimum Gasteiger partial charge on any atom is -0.455 e. The Balaban J connectivity index is 2.14. The summed E-state index contributed by atoms with van der Waals surface area (Å²) in [6.45, 7) is -0.433. The van der Waals surface area contributed by atoms with Gasteiger partial charge >= 0.3 is 5.97 Å². The number of nitro groups is 1. The summed E-state index contributed by atoms with van der Waals surface area (Å²) < 4.78 is 9.67. The minimum absolute atomic E-state index is 0.100. The molecule has 0 spiro atoms. The van der Waals surface area contributed by atoms with Crippen molar-refractivity contribution in [1.82, 2.24) is 0 Å². The predicted molar refractivity (Wildman–Crippen MR) is 85.2 cm³/mol. The van der Waals surface area contributed by atoms with Gasteiger partial charge in [-0.2, -0.15) is 0 Å². The number of nitrogens with zero attached hydrogens (tertiary/aromatic N) is 1. The van der Waals surface area contributed by atoms with Gasteiger partial charge < -0.3 is 9.15 Å². The van der Waals surface area contributed by atoms with Crippen LogP contribution >= 0.6 is 34.8 Å². The van der Waals surface area contributed by atoms with E-state index in [0.717, 1.165) is 0 Å². The Bertz CT molecular complexity index is 839. The molecule has 2 rings (SSSR count). The van der Waals surface area contributed by atoms with Gasteiger partial charge in [0.2, 0.25) is 0 Å². The Morgan fingerprint density at radius 3 is 2.61 bits per heavy atom. The number of hydrogen-bond acceptors (Lipinski definition) is 6. The van der Waals surface area contributed by atoms with E-state index in [1.807, 2.05) is 0 Å². The van der Waals surface area contributed by atoms with E-state index in [0.29, 0.717) is 11.0 Å². The number of benzene rings is 1. The zero-order valence-corrected chi connectivity index (χ0v) is 13.4. The number of halogens is 3. The lowest BCUT2D eigenvalue weighted by molar-refractivity contribution is -0.384. The molecule has 0 radical (unpaired) electrons. The molecule has 0 bridgehead atoms. The first-order chi connectivity index (χ1) is 10.8. The molecule has 0 unspecified atom stereocenters. The van der Waals surface area contributed by atoms with Crippen LogP contribution in [0.5, 0.6) is 0 Å². The molecule has 2 aromatic rings. The van der Waals surface area contributed by atoms with Gasteiger partial charge in [-0.3, -0.25) is 15.5 Å². The molecular weight excluding hydrogens is 371 g/mol. The first-order valence-electron chi connectivity index (χ1n) is 5.93. The summed E-state index contributed by atoms with van der Waals surface area (Å²) in [5.41, 5.74) is 0.104. The van der Waals surface area contributed by atoms with E-state index in [1.165, 1.54) is 24.3 Å². The van der Waals surface area contributed by atoms with Gasteiger partial charge in [0, 0.05) is 17.5 Å². The summed E-state index contributed by atoms with van der Waals surface area (Å²) >= 11 is 16.2. The number of ether oxygens (including phenoxy) is 1. The number of nitrogens with one attached hydrogen (secondary N) is 1. The average molecular weight is 378 g/mol. The fourth-order valence-electron chi connectivity index (χ4n) is 1.64. The lowest BCUT2D eigenvalue weighted by Crippen LogP contribution is -2.13. The molecule has 0 atom stereocenters. The Labute approximate surface area is 144 Å². The third-order valence-electron chi connectivity index (χ3n) is 2.70. The van der Waals surface area contributed by atoms with Crippen molar-refractivity contribution in [2.75, 3.05) is 6.61 Å². The van der Waals surface area contributed by atoms with Crippen LogP contribution in [0.25, 0.3) is 11.0 Å². The summed E-state index contributed by atoms with van der Waals surface area (Å²) in [6.07, 6.45) is 0. The van der Waals surface area contributed by atoms with Gasteiger partial charge in [-0.1, -0.05) is 34.8 Å². The molecule has 1 aromatic heterocycles. The number of nitro benzene ring substituents is 1. The first kappa shape index (κ1) is 17.3. The van der Waals surface area contributed by atoms with E-state index in [1.54, 1.807) is 0 Å². The predicted octanol–water partition coefficient (Wildman–Crippen LogP) is 4.14. The molecule has 1 heterocycles. The molecule has 0 saturated carbocycles. The topological polar surface area (TPSA) is 106 Å². The largest absolute Gasteiger partial charge is 0.455 e. The van der Waals surface area contributed by atoms with Gasteiger partial charge in [0.1, 0.15) is 22.4 Å². The van der Waals surface area contributed by atoms with Gasteiger partial charge in [0.15, 0.2) is 10.8 Å². The number of esters is 1. The Kier molecular flexibility index (Phi) is 5.25. The van der Waals surface area contributed by atoms with Crippen LogP contribution in [0.3, 0.4) is 0 Å². The van der Waals surface area contributed by atoms with Gasteiger partial charge in [0.05, 0.1) is 4.92 Å². The molecule has 7 nitrogen and oxygen atoms in total. The Morgan fingerprint density at radius 2 is 2.00 bits per heavy atom. The summed E-state index contributed by atoms with van der Waals surface area (Å²) in [7, 11) is 0. The summed E-state index contributed by atoms with van der Waals surface area (Å²) in [5.74, 6) is -0.881. The van der Waals surface area contributed by atoms with E-state index in [2.05, 4.69) is 0 Å². The zero-order valence-electron chi connectivity index (χ0n) is 11.1. The first-order valence-corrected chi connectivity index (χ1v) is 7.06. The molecule has 10 heteroatoms. The third kappa shape index (κ3) is 4.01. The van der Waals surface area contributed by atoms with Crippen LogP contribution in [-0.4, -0.2) is 23.2 Å². The Morgan fingerprint density at radius 1 is 1.30 bits per heavy atom. The number of carbonyl (C=O) groups is 1. The lowest BCUT2D eigenvalue weighted by atomic mass is 10.2. The van der Waals surface area contributed by atoms with Gasteiger partial charge in [-0.05, 0) is 12.1 Å². The van der Waals surface area contributed by atoms with Crippen molar-refractivity contribution in [3.05, 3.63) is 49.7 Å². The quantitative estimate of drug-likeness (QED) is 0.277. The number of non-ortho nitro benzene ring substituents is 1. The van der Waals surface area contributed by atoms with Crippen molar-refractivity contribution < 1.29 is 18.9 Å². The highest BCUT2D eigenvalue weighted by Crippen LogP contribution is 2.24. The number of carbonyl (C=O) groups excluding carboxylic acids is 1. The van der Waals surface area contributed by atoms with Crippen molar-refractivity contribution in [3.8, 4) is 0 Å². The zero-order chi connectivity index (χ0) is 17.1. The van der Waals surface area contributed by atoms with E-state index >= 15 is 0 Å². The molecule has 0 aliphatic carbocycles. The molecule has 0 amide bonds. The maximum absolute atomic E-state index is 11.4. The molecule has 0 aliphatic heterocycles. The van der Waals surface area contributed by atoms with Crippen LogP contribution in [0.15, 0.2) is 38.2 Å². The smallest absolute Gasteiger partial charge is 0.352 e. The van der Waals surface area contributed by atoms with Crippen LogP contribution in [0, 0.1) is 15.5 Å². The lowest BCUT2D eigenvalue weighted by Gasteiger charge is -2.03. The number of rotatable bonds is 5. The van der Waals surface area contributed by atoms with E-state index in [4.69, 9.17) is 49.4 Å². The fraction of sp³-hybridized carbons (Fsp3) is 0.0769. The highest BCUT2D eigenvalue weighted by Gasteiger charge is 2.16. The van der Waals surface area contributed by atoms with E-state index in [-0.39, 0.29) is 17.2 Å². The van der Waals surface area contributed by atoms with Crippen LogP contribution in [0.2, 0.25) is 0 Å². The van der Waals surface area contributed by atoms with E-state index < -0.39 is 27.0 Å². The molecule has 0 fully saturated rings. The highest BCUT2D eigenvalue weighted by molar-refractivity contribution is 6.62. The maximum Gasteiger partial charge on any atom is 0.352 e. The maximum atomic E-state index is 11.4. The van der Waals surface area contributed by atoms with Gasteiger partial charge in [-0.25, -0.2) is 4.79 Å². The van der Waals surface area contributed by atoms with E-state index in [9.17, 15) is 14.9 Å². The third-order valence-corrected chi connectivity index (χ3v) is 3.62. The van der Waals surface area contributed by atoms with Crippen molar-refractivity contribution in [1.29, 1.82) is 5.41 Å². The van der Waals surface area contributed by atoms with Crippen molar-refractivity contribution >= 4 is 63.1 Å². The number of hydrogen-bond donors (Lipinski definition) is 1. The van der Waals surface area contributed by atoms with Crippen molar-refractivity contribution in [2.45, 2.75) is 0 Å². The molecule has 1 N–H and O–H groups in total. The van der Waals surface area contributed by atoms with Gasteiger partial charge in [-0.15, -0.1) is 0 Å². The van der Waals surface area contributed by atoms with Crippen LogP contribution < -0.4 is 0 Å². The standard InChI is InChI=1S/C13H7Cl3N2O5/c14-11(12(15)16)13(19)22-5-8(17)10-4-6-3-7(18(20)21)1-2-9(6)23-10/h1-4,17H,5H2.